The highest BCUT2D eigenvalue weighted by Gasteiger charge is 2.03. The summed E-state index contributed by atoms with van der Waals surface area (Å²) in [4.78, 5) is 15.6. The van der Waals surface area contributed by atoms with Crippen LogP contribution < -0.4 is 0 Å². The molecule has 206 valence electrons. The number of ether oxygens (including phenoxy) is 2. The molecule has 1 aromatic heterocycles. The summed E-state index contributed by atoms with van der Waals surface area (Å²) in [5, 5.41) is 8.48. The smallest absolute Gasteiger partial charge is 0.419 e. The Morgan fingerprint density at radius 1 is 1.00 bits per heavy atom. The van der Waals surface area contributed by atoms with Crippen molar-refractivity contribution in [2.45, 2.75) is 103 Å². The van der Waals surface area contributed by atoms with Crippen LogP contribution in [0.5, 0.6) is 0 Å². The molecule has 1 aromatic rings. The lowest BCUT2D eigenvalue weighted by molar-refractivity contribution is 0.145. The minimum Gasteiger partial charge on any atom is -0.449 e. The average Bonchev–Trinajstić information content (AvgIpc) is 3.66. The molecule has 1 aliphatic rings. The van der Waals surface area contributed by atoms with Crippen LogP contribution in [0, 0.1) is 24.7 Å². The zero-order chi connectivity index (χ0) is 27.7. The van der Waals surface area contributed by atoms with E-state index in [1.165, 1.54) is 62.3 Å². The van der Waals surface area contributed by atoms with Crippen molar-refractivity contribution in [2.24, 2.45) is 0 Å². The van der Waals surface area contributed by atoms with E-state index in [-0.39, 0.29) is 6.09 Å². The Morgan fingerprint density at radius 2 is 1.50 bits per heavy atom. The highest BCUT2D eigenvalue weighted by molar-refractivity contribution is 14.1. The minimum absolute atomic E-state index is 0.338. The molecule has 0 spiro atoms. The lowest BCUT2D eigenvalue weighted by Gasteiger charge is -2.04. The van der Waals surface area contributed by atoms with E-state index in [4.69, 9.17) is 28.8 Å². The minimum atomic E-state index is -0.360. The van der Waals surface area contributed by atoms with E-state index in [0.717, 1.165) is 64.6 Å². The fraction of sp³-hybridized carbons (Fsp3) is 0.724. The summed E-state index contributed by atoms with van der Waals surface area (Å²) >= 11 is 1.96. The summed E-state index contributed by atoms with van der Waals surface area (Å²) < 4.78 is 17.6. The molecular formula is C29H49IN2O4. The van der Waals surface area contributed by atoms with E-state index in [1.807, 2.05) is 22.6 Å². The van der Waals surface area contributed by atoms with Crippen molar-refractivity contribution >= 4 is 28.7 Å². The Labute approximate surface area is 235 Å². The van der Waals surface area contributed by atoms with Crippen LogP contribution in [0.4, 0.5) is 4.79 Å². The van der Waals surface area contributed by atoms with Gasteiger partial charge in [-0.1, -0.05) is 74.0 Å². The summed E-state index contributed by atoms with van der Waals surface area (Å²) in [5.41, 5.74) is 0. The average molecular weight is 618 g/mol. The topological polar surface area (TPSA) is 73.6 Å². The Balaban J connectivity index is 0. The van der Waals surface area contributed by atoms with Crippen LogP contribution in [0.3, 0.4) is 0 Å². The molecule has 0 radical (unpaired) electrons. The van der Waals surface area contributed by atoms with E-state index in [2.05, 4.69) is 16.8 Å². The molecule has 0 unspecified atom stereocenters. The summed E-state index contributed by atoms with van der Waals surface area (Å²) in [7, 11) is 0. The number of nitrogens with zero attached hydrogens (tertiary/aromatic N) is 2. The van der Waals surface area contributed by atoms with Crippen molar-refractivity contribution in [3.63, 3.8) is 0 Å². The number of halogens is 1. The van der Waals surface area contributed by atoms with Crippen molar-refractivity contribution in [1.82, 2.24) is 9.55 Å². The third-order valence-electron chi connectivity index (χ3n) is 5.21. The zero-order valence-electron chi connectivity index (χ0n) is 23.2. The van der Waals surface area contributed by atoms with Crippen LogP contribution in [0.15, 0.2) is 18.7 Å². The third-order valence-corrected chi connectivity index (χ3v) is 5.21. The highest BCUT2D eigenvalue weighted by Crippen LogP contribution is 2.07. The predicted octanol–water partition coefficient (Wildman–Crippen LogP) is 7.42. The molecule has 7 heteroatoms. The first-order valence-electron chi connectivity index (χ1n) is 13.9. The lowest BCUT2D eigenvalue weighted by Crippen LogP contribution is -2.12. The first kappa shape index (κ1) is 34.5. The maximum Gasteiger partial charge on any atom is 0.419 e. The maximum absolute atomic E-state index is 11.4. The van der Waals surface area contributed by atoms with Crippen LogP contribution in [0.25, 0.3) is 0 Å². The van der Waals surface area contributed by atoms with Crippen LogP contribution in [-0.2, 0) is 9.47 Å². The van der Waals surface area contributed by atoms with Gasteiger partial charge in [0.1, 0.15) is 6.33 Å². The molecule has 2 heterocycles. The second-order valence-electron chi connectivity index (χ2n) is 8.28. The molecule has 2 rings (SSSR count). The van der Waals surface area contributed by atoms with Gasteiger partial charge >= 0.3 is 6.09 Å². The number of aliphatic hydroxyl groups is 1. The second kappa shape index (κ2) is 33.4. The molecule has 1 saturated heterocycles. The Hall–Kier alpha value is -1.55. The number of terminal acetylenes is 2. The molecule has 0 aliphatic carbocycles. The van der Waals surface area contributed by atoms with Gasteiger partial charge in [-0.15, -0.1) is 24.7 Å². The van der Waals surface area contributed by atoms with E-state index < -0.39 is 0 Å². The number of hydrogen-bond donors (Lipinski definition) is 1. The molecule has 0 atom stereocenters. The lowest BCUT2D eigenvalue weighted by atomic mass is 10.1. The van der Waals surface area contributed by atoms with Gasteiger partial charge in [0.15, 0.2) is 0 Å². The number of carbonyl (C=O) groups excluding carboxylic acids is 1. The molecule has 1 aliphatic heterocycles. The number of unbranched alkanes of at least 4 members (excludes halogenated alkanes) is 12. The fourth-order valence-electron chi connectivity index (χ4n) is 3.19. The fourth-order valence-corrected chi connectivity index (χ4v) is 3.19. The normalized spacial score (nSPS) is 11.7. The van der Waals surface area contributed by atoms with Crippen molar-refractivity contribution in [3.05, 3.63) is 18.7 Å². The molecule has 0 aromatic carbocycles. The predicted molar refractivity (Wildman–Crippen MR) is 158 cm³/mol. The summed E-state index contributed by atoms with van der Waals surface area (Å²) in [6, 6.07) is 0. The molecule has 0 bridgehead atoms. The number of aromatic nitrogens is 2. The van der Waals surface area contributed by atoms with Crippen LogP contribution in [-0.4, -0.2) is 52.1 Å². The molecule has 6 nitrogen and oxygen atoms in total. The van der Waals surface area contributed by atoms with E-state index in [1.54, 1.807) is 12.4 Å². The van der Waals surface area contributed by atoms with Crippen LogP contribution >= 0.6 is 22.6 Å². The standard InChI is InChI=1S/C14H20N2O2.C10H18O.C4H8O.CH3I/c1-2-3-4-5-6-7-8-9-12-18-14(17)16-11-10-15-13-16;1-2-3-4-5-6-7-8-9-10-11;1-2-4-5-3-1;1-2/h1,10-11,13H,3-9,12H2;1,11H,3-10H2;1-4H2;1H3/i;;;1D. The van der Waals surface area contributed by atoms with Gasteiger partial charge in [-0.2, -0.15) is 0 Å². The summed E-state index contributed by atoms with van der Waals surface area (Å²) in [5.74, 6) is 5.27. The van der Waals surface area contributed by atoms with Gasteiger partial charge < -0.3 is 14.6 Å². The number of alkyl halides is 1. The van der Waals surface area contributed by atoms with E-state index in [9.17, 15) is 4.79 Å². The van der Waals surface area contributed by atoms with Gasteiger partial charge in [-0.05, 0) is 43.4 Å². The monoisotopic (exact) mass is 617 g/mol. The van der Waals surface area contributed by atoms with Crippen molar-refractivity contribution in [1.29, 1.82) is 0 Å². The van der Waals surface area contributed by atoms with Crippen LogP contribution in [0.2, 0.25) is 0 Å². The summed E-state index contributed by atoms with van der Waals surface area (Å²) in [6.07, 6.45) is 32.6. The van der Waals surface area contributed by atoms with Crippen LogP contribution in [0.1, 0.15) is 104 Å². The van der Waals surface area contributed by atoms with Crippen molar-refractivity contribution < 1.29 is 20.7 Å². The summed E-state index contributed by atoms with van der Waals surface area (Å²) in [6.45, 7) is 2.81. The van der Waals surface area contributed by atoms with Gasteiger partial charge in [0.2, 0.25) is 0 Å². The van der Waals surface area contributed by atoms with Gasteiger partial charge in [-0.3, -0.25) is 0 Å². The van der Waals surface area contributed by atoms with Gasteiger partial charge in [0.05, 0.1) is 6.61 Å². The third kappa shape index (κ3) is 28.7. The SMILES string of the molecule is C#CCCCCCCCCO.C#CCCCCCCCCOC(=O)n1ccnc1.C1CCOC1.[2H]CI. The van der Waals surface area contributed by atoms with Gasteiger partial charge in [0.25, 0.3) is 0 Å². The molecular weight excluding hydrogens is 567 g/mol. The highest BCUT2D eigenvalue weighted by atomic mass is 127. The first-order chi connectivity index (χ1) is 18.2. The quantitative estimate of drug-likeness (QED) is 0.0960. The number of imidazole rings is 1. The molecule has 1 N–H and O–H groups in total. The zero-order valence-corrected chi connectivity index (χ0v) is 24.3. The van der Waals surface area contributed by atoms with E-state index in [0.29, 0.717) is 18.1 Å². The van der Waals surface area contributed by atoms with Gasteiger partial charge in [0, 0.05) is 46.4 Å². The van der Waals surface area contributed by atoms with Gasteiger partial charge in [-0.25, -0.2) is 14.3 Å². The largest absolute Gasteiger partial charge is 0.449 e. The molecule has 0 saturated carbocycles. The maximum atomic E-state index is 11.4. The van der Waals surface area contributed by atoms with Crippen molar-refractivity contribution in [2.75, 3.05) is 31.3 Å². The molecule has 36 heavy (non-hydrogen) atoms. The number of rotatable bonds is 15. The second-order valence-corrected chi connectivity index (χ2v) is 8.28. The van der Waals surface area contributed by atoms with Crippen molar-refractivity contribution in [3.8, 4) is 24.7 Å². The Morgan fingerprint density at radius 3 is 1.92 bits per heavy atom. The molecule has 1 fully saturated rings. The number of carbonyl (C=O) groups is 1. The Kier molecular flexibility index (Phi) is 32.0. The Bertz CT molecular complexity index is 648. The molecule has 0 amide bonds. The van der Waals surface area contributed by atoms with E-state index >= 15 is 0 Å². The number of aliphatic hydroxyl groups excluding tert-OH is 1. The first-order valence-corrected chi connectivity index (χ1v) is 14.8. The number of hydrogen-bond acceptors (Lipinski definition) is 5.